The molecule has 0 unspecified atom stereocenters. The van der Waals surface area contributed by atoms with Crippen molar-refractivity contribution in [3.63, 3.8) is 0 Å². The summed E-state index contributed by atoms with van der Waals surface area (Å²) in [5.74, 6) is -0.258. The minimum Gasteiger partial charge on any atom is -0.345 e. The Morgan fingerprint density at radius 1 is 1.11 bits per heavy atom. The van der Waals surface area contributed by atoms with E-state index >= 15 is 0 Å². The number of nitrogens with one attached hydrogen (secondary N) is 2. The maximum absolute atomic E-state index is 12.8. The molecule has 1 atom stereocenters. The molecule has 3 aromatic rings. The third-order valence-electron chi connectivity index (χ3n) is 4.30. The first kappa shape index (κ1) is 19.8. The first-order valence-corrected chi connectivity index (χ1v) is 9.92. The minimum atomic E-state index is -0.194. The summed E-state index contributed by atoms with van der Waals surface area (Å²) in [6.07, 6.45) is 0.716. The van der Waals surface area contributed by atoms with Gasteiger partial charge in [0.2, 0.25) is 5.91 Å². The van der Waals surface area contributed by atoms with Crippen LogP contribution in [0.15, 0.2) is 54.6 Å². The lowest BCUT2D eigenvalue weighted by molar-refractivity contribution is -0.114. The van der Waals surface area contributed by atoms with Gasteiger partial charge in [0.1, 0.15) is 4.88 Å². The van der Waals surface area contributed by atoms with Crippen LogP contribution >= 0.6 is 11.3 Å². The van der Waals surface area contributed by atoms with Crippen molar-refractivity contribution in [2.75, 3.05) is 5.32 Å². The Morgan fingerprint density at radius 2 is 1.86 bits per heavy atom. The molecular formula is C22H23N3O2S. The zero-order valence-corrected chi connectivity index (χ0v) is 17.0. The SMILES string of the molecule is CC(=O)Nc1cccc([C@H](C)NC(=O)c2sc(Cc3ccccc3)nc2C)c1. The van der Waals surface area contributed by atoms with E-state index in [1.54, 1.807) is 0 Å². The molecule has 2 N–H and O–H groups in total. The van der Waals surface area contributed by atoms with Gasteiger partial charge in [-0.3, -0.25) is 9.59 Å². The van der Waals surface area contributed by atoms with Gasteiger partial charge in [-0.2, -0.15) is 0 Å². The Balaban J connectivity index is 1.70. The maximum atomic E-state index is 12.8. The van der Waals surface area contributed by atoms with Gasteiger partial charge in [0.05, 0.1) is 16.7 Å². The molecule has 0 saturated heterocycles. The molecule has 0 aliphatic rings. The average molecular weight is 394 g/mol. The van der Waals surface area contributed by atoms with E-state index in [9.17, 15) is 9.59 Å². The Labute approximate surface area is 168 Å². The van der Waals surface area contributed by atoms with E-state index in [1.165, 1.54) is 23.8 Å². The van der Waals surface area contributed by atoms with Crippen LogP contribution in [-0.2, 0) is 11.2 Å². The van der Waals surface area contributed by atoms with Crippen LogP contribution in [0.2, 0.25) is 0 Å². The normalized spacial score (nSPS) is 11.7. The molecule has 2 aromatic carbocycles. The molecule has 1 aromatic heterocycles. The van der Waals surface area contributed by atoms with Crippen LogP contribution in [0, 0.1) is 6.92 Å². The van der Waals surface area contributed by atoms with Crippen molar-refractivity contribution in [1.82, 2.24) is 10.3 Å². The molecule has 0 spiro atoms. The number of aromatic nitrogens is 1. The molecule has 0 aliphatic heterocycles. The van der Waals surface area contributed by atoms with E-state index in [-0.39, 0.29) is 17.9 Å². The molecule has 0 radical (unpaired) electrons. The summed E-state index contributed by atoms with van der Waals surface area (Å²) in [4.78, 5) is 29.2. The van der Waals surface area contributed by atoms with Gasteiger partial charge in [-0.05, 0) is 37.1 Å². The quantitative estimate of drug-likeness (QED) is 0.648. The first-order valence-electron chi connectivity index (χ1n) is 9.11. The Kier molecular flexibility index (Phi) is 6.21. The summed E-state index contributed by atoms with van der Waals surface area (Å²) in [6.45, 7) is 5.26. The van der Waals surface area contributed by atoms with Crippen LogP contribution < -0.4 is 10.6 Å². The average Bonchev–Trinajstić information content (AvgIpc) is 3.02. The molecule has 0 fully saturated rings. The lowest BCUT2D eigenvalue weighted by Crippen LogP contribution is -2.26. The minimum absolute atomic E-state index is 0.125. The molecule has 6 heteroatoms. The van der Waals surface area contributed by atoms with Crippen molar-refractivity contribution in [2.45, 2.75) is 33.2 Å². The van der Waals surface area contributed by atoms with Gasteiger partial charge in [0.15, 0.2) is 0 Å². The van der Waals surface area contributed by atoms with E-state index in [0.29, 0.717) is 17.0 Å². The molecule has 1 heterocycles. The second-order valence-corrected chi connectivity index (χ2v) is 7.77. The monoisotopic (exact) mass is 393 g/mol. The summed E-state index contributed by atoms with van der Waals surface area (Å²) < 4.78 is 0. The molecule has 144 valence electrons. The van der Waals surface area contributed by atoms with Crippen molar-refractivity contribution in [2.24, 2.45) is 0 Å². The standard InChI is InChI=1S/C22H23N3O2S/c1-14(18-10-7-11-19(13-18)25-16(3)26)24-22(27)21-15(2)23-20(28-21)12-17-8-5-4-6-9-17/h4-11,13-14H,12H2,1-3H3,(H,24,27)(H,25,26)/t14-/m0/s1. The van der Waals surface area contributed by atoms with E-state index in [4.69, 9.17) is 0 Å². The number of nitrogens with zero attached hydrogens (tertiary/aromatic N) is 1. The Bertz CT molecular complexity index is 982. The van der Waals surface area contributed by atoms with Crippen molar-refractivity contribution < 1.29 is 9.59 Å². The van der Waals surface area contributed by atoms with Crippen molar-refractivity contribution in [1.29, 1.82) is 0 Å². The molecule has 3 rings (SSSR count). The molecule has 0 bridgehead atoms. The second-order valence-electron chi connectivity index (χ2n) is 6.69. The van der Waals surface area contributed by atoms with Crippen LogP contribution in [0.3, 0.4) is 0 Å². The number of thiazole rings is 1. The van der Waals surface area contributed by atoms with E-state index < -0.39 is 0 Å². The molecule has 2 amide bonds. The summed E-state index contributed by atoms with van der Waals surface area (Å²) >= 11 is 1.43. The Morgan fingerprint density at radius 3 is 2.57 bits per heavy atom. The number of carbonyl (C=O) groups is 2. The fourth-order valence-corrected chi connectivity index (χ4v) is 3.95. The summed E-state index contributed by atoms with van der Waals surface area (Å²) in [7, 11) is 0. The highest BCUT2D eigenvalue weighted by molar-refractivity contribution is 7.13. The van der Waals surface area contributed by atoms with Gasteiger partial charge < -0.3 is 10.6 Å². The number of rotatable bonds is 6. The highest BCUT2D eigenvalue weighted by atomic mass is 32.1. The van der Waals surface area contributed by atoms with Crippen LogP contribution in [0.1, 0.15) is 51.4 Å². The van der Waals surface area contributed by atoms with Crippen molar-refractivity contribution in [3.05, 3.63) is 81.3 Å². The molecular weight excluding hydrogens is 370 g/mol. The van der Waals surface area contributed by atoms with E-state index in [2.05, 4.69) is 27.8 Å². The predicted molar refractivity (Wildman–Crippen MR) is 113 cm³/mol. The second kappa shape index (κ2) is 8.80. The topological polar surface area (TPSA) is 71.1 Å². The summed E-state index contributed by atoms with van der Waals surface area (Å²) in [5, 5.41) is 6.72. The number of hydrogen-bond donors (Lipinski definition) is 2. The summed E-state index contributed by atoms with van der Waals surface area (Å²) in [6, 6.07) is 17.4. The van der Waals surface area contributed by atoms with Crippen LogP contribution in [0.25, 0.3) is 0 Å². The number of benzene rings is 2. The van der Waals surface area contributed by atoms with Gasteiger partial charge >= 0.3 is 0 Å². The number of amides is 2. The van der Waals surface area contributed by atoms with Gasteiger partial charge in [0, 0.05) is 19.0 Å². The number of anilines is 1. The highest BCUT2D eigenvalue weighted by Crippen LogP contribution is 2.23. The zero-order valence-electron chi connectivity index (χ0n) is 16.2. The van der Waals surface area contributed by atoms with E-state index in [1.807, 2.05) is 56.3 Å². The van der Waals surface area contributed by atoms with Gasteiger partial charge in [0.25, 0.3) is 5.91 Å². The fourth-order valence-electron chi connectivity index (χ4n) is 2.94. The fraction of sp³-hybridized carbons (Fsp3) is 0.227. The number of carbonyl (C=O) groups excluding carboxylic acids is 2. The molecule has 0 saturated carbocycles. The highest BCUT2D eigenvalue weighted by Gasteiger charge is 2.18. The largest absolute Gasteiger partial charge is 0.345 e. The van der Waals surface area contributed by atoms with Gasteiger partial charge in [-0.15, -0.1) is 11.3 Å². The maximum Gasteiger partial charge on any atom is 0.263 e. The Hall–Kier alpha value is -2.99. The third-order valence-corrected chi connectivity index (χ3v) is 5.46. The van der Waals surface area contributed by atoms with Crippen LogP contribution in [0.5, 0.6) is 0 Å². The van der Waals surface area contributed by atoms with Gasteiger partial charge in [-0.1, -0.05) is 42.5 Å². The molecule has 5 nitrogen and oxygen atoms in total. The van der Waals surface area contributed by atoms with Crippen molar-refractivity contribution >= 4 is 28.8 Å². The third kappa shape index (κ3) is 5.04. The van der Waals surface area contributed by atoms with Crippen LogP contribution in [-0.4, -0.2) is 16.8 Å². The van der Waals surface area contributed by atoms with Crippen LogP contribution in [0.4, 0.5) is 5.69 Å². The van der Waals surface area contributed by atoms with Crippen molar-refractivity contribution in [3.8, 4) is 0 Å². The lowest BCUT2D eigenvalue weighted by atomic mass is 10.1. The molecule has 0 aliphatic carbocycles. The van der Waals surface area contributed by atoms with Gasteiger partial charge in [-0.25, -0.2) is 4.98 Å². The first-order chi connectivity index (χ1) is 13.4. The predicted octanol–water partition coefficient (Wildman–Crippen LogP) is 4.49. The van der Waals surface area contributed by atoms with E-state index in [0.717, 1.165) is 16.3 Å². The number of hydrogen-bond acceptors (Lipinski definition) is 4. The smallest absolute Gasteiger partial charge is 0.263 e. The zero-order chi connectivity index (χ0) is 20.1. The molecule has 28 heavy (non-hydrogen) atoms. The number of aryl methyl sites for hydroxylation is 1. The lowest BCUT2D eigenvalue weighted by Gasteiger charge is -2.15. The summed E-state index contributed by atoms with van der Waals surface area (Å²) in [5.41, 5.74) is 3.55.